The van der Waals surface area contributed by atoms with Gasteiger partial charge in [-0.15, -0.1) is 0 Å². The zero-order valence-corrected chi connectivity index (χ0v) is 11.0. The summed E-state index contributed by atoms with van der Waals surface area (Å²) in [5.41, 5.74) is 0.820. The molecule has 0 radical (unpaired) electrons. The van der Waals surface area contributed by atoms with Crippen molar-refractivity contribution in [3.05, 3.63) is 12.2 Å². The predicted molar refractivity (Wildman–Crippen MR) is 66.4 cm³/mol. The second-order valence-electron chi connectivity index (χ2n) is 4.59. The van der Waals surface area contributed by atoms with E-state index in [-0.39, 0.29) is 6.04 Å². The Balaban J connectivity index is 2.56. The Morgan fingerprint density at radius 2 is 1.94 bits per heavy atom. The Morgan fingerprint density at radius 3 is 2.44 bits per heavy atom. The molecule has 16 heavy (non-hydrogen) atoms. The van der Waals surface area contributed by atoms with E-state index in [1.54, 1.807) is 7.05 Å². The molecular formula is C11H22N2O2S. The molecule has 0 aromatic heterocycles. The number of hydrogen-bond acceptors (Lipinski definition) is 2. The molecule has 0 aliphatic heterocycles. The lowest BCUT2D eigenvalue weighted by Gasteiger charge is -2.30. The Hall–Kier alpha value is -0.390. The molecule has 0 heterocycles. The summed E-state index contributed by atoms with van der Waals surface area (Å²) in [4.78, 5) is 0. The molecule has 1 rings (SSSR count). The second kappa shape index (κ2) is 5.80. The van der Waals surface area contributed by atoms with Crippen molar-refractivity contribution >= 4 is 10.2 Å². The molecule has 1 aliphatic rings. The van der Waals surface area contributed by atoms with Crippen LogP contribution in [0, 0.1) is 0 Å². The number of nitrogens with one attached hydrogen (secondary N) is 1. The molecule has 0 aromatic carbocycles. The van der Waals surface area contributed by atoms with E-state index in [9.17, 15) is 8.42 Å². The van der Waals surface area contributed by atoms with Crippen LogP contribution in [0.15, 0.2) is 12.2 Å². The standard InChI is InChI=1S/C11H22N2O2S/c1-10(2)9-12-16(14,15)13(3)11-7-5-4-6-8-11/h11-12H,1,4-9H2,2-3H3. The highest BCUT2D eigenvalue weighted by Gasteiger charge is 2.26. The summed E-state index contributed by atoms with van der Waals surface area (Å²) in [5.74, 6) is 0. The van der Waals surface area contributed by atoms with Crippen LogP contribution >= 0.6 is 0 Å². The fraction of sp³-hybridized carbons (Fsp3) is 0.818. The predicted octanol–water partition coefficient (Wildman–Crippen LogP) is 1.66. The van der Waals surface area contributed by atoms with Gasteiger partial charge in [-0.2, -0.15) is 17.4 Å². The lowest BCUT2D eigenvalue weighted by molar-refractivity contribution is 0.283. The van der Waals surface area contributed by atoms with E-state index in [1.165, 1.54) is 10.7 Å². The van der Waals surface area contributed by atoms with Gasteiger partial charge in [0.25, 0.3) is 10.2 Å². The summed E-state index contributed by atoms with van der Waals surface area (Å²) in [6.45, 7) is 5.81. The normalized spacial score (nSPS) is 18.9. The van der Waals surface area contributed by atoms with Crippen LogP contribution in [0.1, 0.15) is 39.0 Å². The minimum atomic E-state index is -3.33. The molecule has 0 saturated heterocycles. The molecule has 0 spiro atoms. The fourth-order valence-electron chi connectivity index (χ4n) is 1.96. The van der Waals surface area contributed by atoms with Crippen LogP contribution in [0.2, 0.25) is 0 Å². The average molecular weight is 246 g/mol. The van der Waals surface area contributed by atoms with Crippen molar-refractivity contribution in [1.82, 2.24) is 9.03 Å². The van der Waals surface area contributed by atoms with Crippen LogP contribution in [-0.4, -0.2) is 32.4 Å². The van der Waals surface area contributed by atoms with Crippen molar-refractivity contribution in [2.24, 2.45) is 0 Å². The SMILES string of the molecule is C=C(C)CNS(=O)(=O)N(C)C1CCCCC1. The maximum absolute atomic E-state index is 11.9. The number of hydrogen-bond donors (Lipinski definition) is 1. The zero-order valence-electron chi connectivity index (χ0n) is 10.2. The third-order valence-corrected chi connectivity index (χ3v) is 4.59. The molecule has 4 nitrogen and oxygen atoms in total. The van der Waals surface area contributed by atoms with Crippen molar-refractivity contribution < 1.29 is 8.42 Å². The van der Waals surface area contributed by atoms with Crippen molar-refractivity contribution in [1.29, 1.82) is 0 Å². The van der Waals surface area contributed by atoms with E-state index in [4.69, 9.17) is 0 Å². The second-order valence-corrected chi connectivity index (χ2v) is 6.41. The largest absolute Gasteiger partial charge is 0.279 e. The monoisotopic (exact) mass is 246 g/mol. The van der Waals surface area contributed by atoms with Gasteiger partial charge in [0.15, 0.2) is 0 Å². The molecule has 0 unspecified atom stereocenters. The van der Waals surface area contributed by atoms with Gasteiger partial charge in [0.05, 0.1) is 0 Å². The molecule has 5 heteroatoms. The Kier molecular flexibility index (Phi) is 4.95. The third kappa shape index (κ3) is 3.88. The van der Waals surface area contributed by atoms with Gasteiger partial charge in [-0.3, -0.25) is 0 Å². The summed E-state index contributed by atoms with van der Waals surface area (Å²) in [5, 5.41) is 0. The van der Waals surface area contributed by atoms with E-state index in [0.717, 1.165) is 31.3 Å². The van der Waals surface area contributed by atoms with Gasteiger partial charge in [0.2, 0.25) is 0 Å². The average Bonchev–Trinajstić information content (AvgIpc) is 2.27. The first-order chi connectivity index (χ1) is 7.43. The summed E-state index contributed by atoms with van der Waals surface area (Å²) >= 11 is 0. The molecule has 0 amide bonds. The van der Waals surface area contributed by atoms with Gasteiger partial charge < -0.3 is 0 Å². The summed E-state index contributed by atoms with van der Waals surface area (Å²) in [6, 6.07) is 0.163. The Morgan fingerprint density at radius 1 is 1.38 bits per heavy atom. The smallest absolute Gasteiger partial charge is 0.198 e. The molecule has 0 aromatic rings. The van der Waals surface area contributed by atoms with Gasteiger partial charge in [-0.05, 0) is 19.8 Å². The highest BCUT2D eigenvalue weighted by atomic mass is 32.2. The van der Waals surface area contributed by atoms with Crippen LogP contribution in [0.5, 0.6) is 0 Å². The highest BCUT2D eigenvalue weighted by molar-refractivity contribution is 7.87. The summed E-state index contributed by atoms with van der Waals surface area (Å²) in [6.07, 6.45) is 5.44. The minimum absolute atomic E-state index is 0.163. The molecule has 1 N–H and O–H groups in total. The summed E-state index contributed by atoms with van der Waals surface area (Å²) in [7, 11) is -1.67. The van der Waals surface area contributed by atoms with E-state index in [1.807, 2.05) is 6.92 Å². The molecule has 1 aliphatic carbocycles. The van der Waals surface area contributed by atoms with E-state index in [2.05, 4.69) is 11.3 Å². The van der Waals surface area contributed by atoms with Crippen LogP contribution in [0.4, 0.5) is 0 Å². The van der Waals surface area contributed by atoms with E-state index in [0.29, 0.717) is 6.54 Å². The molecule has 94 valence electrons. The van der Waals surface area contributed by atoms with Gasteiger partial charge in [-0.25, -0.2) is 0 Å². The van der Waals surface area contributed by atoms with Crippen LogP contribution in [0.25, 0.3) is 0 Å². The Bertz CT molecular complexity index is 332. The number of nitrogens with zero attached hydrogens (tertiary/aromatic N) is 1. The molecule has 1 fully saturated rings. The topological polar surface area (TPSA) is 49.4 Å². The number of rotatable bonds is 5. The maximum atomic E-state index is 11.9. The zero-order chi connectivity index (χ0) is 12.2. The molecule has 1 saturated carbocycles. The van der Waals surface area contributed by atoms with Crippen molar-refractivity contribution in [3.63, 3.8) is 0 Å². The first-order valence-electron chi connectivity index (χ1n) is 5.80. The van der Waals surface area contributed by atoms with Gasteiger partial charge in [-0.1, -0.05) is 31.4 Å². The molecule has 0 atom stereocenters. The van der Waals surface area contributed by atoms with E-state index < -0.39 is 10.2 Å². The highest BCUT2D eigenvalue weighted by Crippen LogP contribution is 2.22. The lowest BCUT2D eigenvalue weighted by Crippen LogP contribution is -2.45. The maximum Gasteiger partial charge on any atom is 0.279 e. The summed E-state index contributed by atoms with van der Waals surface area (Å²) < 4.78 is 27.9. The van der Waals surface area contributed by atoms with Crippen LogP contribution in [0.3, 0.4) is 0 Å². The Labute approximate surface area is 98.9 Å². The van der Waals surface area contributed by atoms with Crippen molar-refractivity contribution in [3.8, 4) is 0 Å². The van der Waals surface area contributed by atoms with E-state index >= 15 is 0 Å². The van der Waals surface area contributed by atoms with Crippen LogP contribution < -0.4 is 4.72 Å². The van der Waals surface area contributed by atoms with Gasteiger partial charge >= 0.3 is 0 Å². The van der Waals surface area contributed by atoms with Crippen molar-refractivity contribution in [2.45, 2.75) is 45.1 Å². The molecule has 0 bridgehead atoms. The minimum Gasteiger partial charge on any atom is -0.198 e. The quantitative estimate of drug-likeness (QED) is 0.750. The first kappa shape index (κ1) is 13.7. The van der Waals surface area contributed by atoms with Crippen LogP contribution in [-0.2, 0) is 10.2 Å². The lowest BCUT2D eigenvalue weighted by atomic mass is 9.96. The van der Waals surface area contributed by atoms with Gasteiger partial charge in [0, 0.05) is 19.6 Å². The van der Waals surface area contributed by atoms with Gasteiger partial charge in [0.1, 0.15) is 0 Å². The molecular weight excluding hydrogens is 224 g/mol. The third-order valence-electron chi connectivity index (χ3n) is 3.02. The fourth-order valence-corrected chi connectivity index (χ4v) is 3.19. The van der Waals surface area contributed by atoms with Crippen molar-refractivity contribution in [2.75, 3.05) is 13.6 Å². The first-order valence-corrected chi connectivity index (χ1v) is 7.24.